The Bertz CT molecular complexity index is 976. The minimum atomic E-state index is -3.27. The number of nitrogens with zero attached hydrogens (tertiary/aromatic N) is 2. The van der Waals surface area contributed by atoms with Crippen molar-refractivity contribution >= 4 is 13.3 Å². The first-order chi connectivity index (χ1) is 16.6. The third-order valence-corrected chi connectivity index (χ3v) is 8.51. The van der Waals surface area contributed by atoms with Crippen LogP contribution >= 0.6 is 7.60 Å². The first kappa shape index (κ1) is 25.0. The third-order valence-electron chi connectivity index (χ3n) is 6.50. The monoisotopic (exact) mass is 480 g/mol. The summed E-state index contributed by atoms with van der Waals surface area (Å²) in [4.78, 5) is 4.30. The first-order valence-electron chi connectivity index (χ1n) is 12.7. The van der Waals surface area contributed by atoms with Gasteiger partial charge in [0.15, 0.2) is 0 Å². The second kappa shape index (κ2) is 12.1. The van der Waals surface area contributed by atoms with Gasteiger partial charge in [-0.05, 0) is 38.3 Å². The van der Waals surface area contributed by atoms with Gasteiger partial charge >= 0.3 is 7.60 Å². The lowest BCUT2D eigenvalue weighted by Crippen LogP contribution is -2.31. The normalized spacial score (nSPS) is 18.0. The standard InChI is InChI=1S/C28H37N2O3P/c1-3-32-34(31,33-4-2)22-26-21-29(25-17-11-6-5-7-12-18-25)23-30(26)28-20-14-13-19-27(28)24-15-9-8-10-16-24/h8-10,13-16,19-21,25H,3-7,11-12,17-18,22H2,1-2H3. The van der Waals surface area contributed by atoms with Crippen molar-refractivity contribution in [3.8, 4) is 11.1 Å². The molecule has 0 bridgehead atoms. The van der Waals surface area contributed by atoms with Gasteiger partial charge in [-0.2, -0.15) is 0 Å². The van der Waals surface area contributed by atoms with Crippen LogP contribution in [-0.2, 0) is 13.6 Å². The Morgan fingerprint density at radius 1 is 0.882 bits per heavy atom. The van der Waals surface area contributed by atoms with Crippen LogP contribution in [0.2, 0.25) is 0 Å². The van der Waals surface area contributed by atoms with E-state index >= 15 is 0 Å². The number of allylic oxidation sites excluding steroid dienone is 1. The highest BCUT2D eigenvalue weighted by atomic mass is 31.2. The summed E-state index contributed by atoms with van der Waals surface area (Å²) in [5.41, 5.74) is 4.17. The van der Waals surface area contributed by atoms with E-state index in [9.17, 15) is 4.57 Å². The van der Waals surface area contributed by atoms with Crippen LogP contribution in [-0.4, -0.2) is 30.3 Å². The van der Waals surface area contributed by atoms with Crippen molar-refractivity contribution in [2.24, 2.45) is 0 Å². The van der Waals surface area contributed by atoms with Crippen LogP contribution in [0.15, 0.2) is 66.5 Å². The van der Waals surface area contributed by atoms with Crippen LogP contribution in [0.5, 0.6) is 0 Å². The maximum Gasteiger partial charge on any atom is 0.336 e. The Morgan fingerprint density at radius 3 is 2.18 bits per heavy atom. The summed E-state index contributed by atoms with van der Waals surface area (Å²) in [7, 11) is -3.27. The van der Waals surface area contributed by atoms with E-state index in [2.05, 4.69) is 65.1 Å². The van der Waals surface area contributed by atoms with Gasteiger partial charge in [-0.1, -0.05) is 80.6 Å². The molecule has 0 N–H and O–H groups in total. The molecule has 2 radical (unpaired) electrons. The van der Waals surface area contributed by atoms with E-state index in [0.717, 1.165) is 35.4 Å². The molecule has 1 saturated carbocycles. The van der Waals surface area contributed by atoms with Crippen LogP contribution < -0.4 is 4.90 Å². The molecule has 0 unspecified atom stereocenters. The van der Waals surface area contributed by atoms with E-state index in [1.807, 2.05) is 26.0 Å². The Kier molecular flexibility index (Phi) is 8.88. The zero-order valence-electron chi connectivity index (χ0n) is 20.5. The first-order valence-corrected chi connectivity index (χ1v) is 14.4. The molecule has 2 aromatic rings. The fourth-order valence-corrected chi connectivity index (χ4v) is 6.56. The number of hydrogen-bond acceptors (Lipinski definition) is 5. The quantitative estimate of drug-likeness (QED) is 0.344. The predicted octanol–water partition coefficient (Wildman–Crippen LogP) is 7.69. The lowest BCUT2D eigenvalue weighted by atomic mass is 9.96. The van der Waals surface area contributed by atoms with Crippen molar-refractivity contribution in [3.63, 3.8) is 0 Å². The Balaban J connectivity index is 1.69. The molecule has 2 aromatic carbocycles. The third kappa shape index (κ3) is 6.13. The lowest BCUT2D eigenvalue weighted by molar-refractivity contribution is 0.222. The fraction of sp³-hybridized carbons (Fsp3) is 0.464. The van der Waals surface area contributed by atoms with Gasteiger partial charge in [0, 0.05) is 23.5 Å². The molecular formula is C28H37N2O3P. The van der Waals surface area contributed by atoms with Crippen LogP contribution in [0.1, 0.15) is 58.8 Å². The van der Waals surface area contributed by atoms with E-state index in [-0.39, 0.29) is 6.16 Å². The van der Waals surface area contributed by atoms with Gasteiger partial charge in [-0.25, -0.2) is 0 Å². The van der Waals surface area contributed by atoms with Gasteiger partial charge in [0.25, 0.3) is 0 Å². The van der Waals surface area contributed by atoms with Gasteiger partial charge in [-0.15, -0.1) is 0 Å². The zero-order valence-corrected chi connectivity index (χ0v) is 21.4. The minimum Gasteiger partial charge on any atom is -0.343 e. The molecule has 2 aliphatic rings. The van der Waals surface area contributed by atoms with E-state index in [4.69, 9.17) is 9.05 Å². The number of benzene rings is 2. The highest BCUT2D eigenvalue weighted by Gasteiger charge is 2.35. The molecule has 1 fully saturated rings. The van der Waals surface area contributed by atoms with Gasteiger partial charge < -0.3 is 18.8 Å². The Hall–Kier alpha value is -2.07. The van der Waals surface area contributed by atoms with E-state index < -0.39 is 7.60 Å². The second-order valence-electron chi connectivity index (χ2n) is 8.95. The van der Waals surface area contributed by atoms with Gasteiger partial charge in [0.2, 0.25) is 6.67 Å². The van der Waals surface area contributed by atoms with Crippen molar-refractivity contribution < 1.29 is 13.6 Å². The largest absolute Gasteiger partial charge is 0.343 e. The highest BCUT2D eigenvalue weighted by molar-refractivity contribution is 7.54. The highest BCUT2D eigenvalue weighted by Crippen LogP contribution is 2.52. The fourth-order valence-electron chi connectivity index (χ4n) is 4.90. The second-order valence-corrected chi connectivity index (χ2v) is 11.0. The zero-order chi connectivity index (χ0) is 23.8. The Labute approximate surface area is 205 Å². The topological polar surface area (TPSA) is 42.0 Å². The molecule has 182 valence electrons. The van der Waals surface area contributed by atoms with E-state index in [0.29, 0.717) is 19.3 Å². The molecule has 34 heavy (non-hydrogen) atoms. The van der Waals surface area contributed by atoms with E-state index in [1.165, 1.54) is 32.1 Å². The maximum absolute atomic E-state index is 13.5. The average molecular weight is 481 g/mol. The average Bonchev–Trinajstić information content (AvgIpc) is 3.22. The molecule has 4 rings (SSSR count). The molecule has 0 spiro atoms. The van der Waals surface area contributed by atoms with Crippen LogP contribution in [0.4, 0.5) is 5.69 Å². The smallest absolute Gasteiger partial charge is 0.336 e. The molecule has 1 heterocycles. The number of anilines is 1. The van der Waals surface area contributed by atoms with E-state index in [1.54, 1.807) is 0 Å². The van der Waals surface area contributed by atoms with Crippen molar-refractivity contribution in [2.75, 3.05) is 24.3 Å². The molecular weight excluding hydrogens is 443 g/mol. The summed E-state index contributed by atoms with van der Waals surface area (Å²) in [6.45, 7) is 8.05. The molecule has 1 aliphatic carbocycles. The summed E-state index contributed by atoms with van der Waals surface area (Å²) >= 11 is 0. The molecule has 1 aliphatic heterocycles. The maximum atomic E-state index is 13.5. The van der Waals surface area contributed by atoms with Gasteiger partial charge in [0.1, 0.15) is 0 Å². The van der Waals surface area contributed by atoms with Crippen molar-refractivity contribution in [3.05, 3.63) is 73.2 Å². The SMILES string of the molecule is CCOP(=O)(CC1=CN(C2CCCCCCC2)[C]N1c1ccccc1-c1ccccc1)OCC. The lowest BCUT2D eigenvalue weighted by Gasteiger charge is -2.30. The van der Waals surface area contributed by atoms with Crippen LogP contribution in [0, 0.1) is 6.67 Å². The predicted molar refractivity (Wildman–Crippen MR) is 139 cm³/mol. The summed E-state index contributed by atoms with van der Waals surface area (Å²) in [5.74, 6) is 0. The summed E-state index contributed by atoms with van der Waals surface area (Å²) in [5, 5.41) is 0. The summed E-state index contributed by atoms with van der Waals surface area (Å²) in [6.07, 6.45) is 11.1. The molecule has 0 amide bonds. The molecule has 0 atom stereocenters. The van der Waals surface area contributed by atoms with Crippen molar-refractivity contribution in [1.29, 1.82) is 0 Å². The van der Waals surface area contributed by atoms with Crippen LogP contribution in [0.3, 0.4) is 0 Å². The molecule has 0 saturated heterocycles. The molecule has 0 aromatic heterocycles. The van der Waals surface area contributed by atoms with Crippen LogP contribution in [0.25, 0.3) is 11.1 Å². The Morgan fingerprint density at radius 2 is 1.50 bits per heavy atom. The minimum absolute atomic E-state index is 0.216. The molecule has 5 nitrogen and oxygen atoms in total. The van der Waals surface area contributed by atoms with Gasteiger partial charge in [-0.3, -0.25) is 4.57 Å². The number of rotatable bonds is 9. The van der Waals surface area contributed by atoms with Crippen molar-refractivity contribution in [2.45, 2.75) is 64.8 Å². The number of hydrogen-bond donors (Lipinski definition) is 0. The van der Waals surface area contributed by atoms with Crippen molar-refractivity contribution in [1.82, 2.24) is 4.90 Å². The number of para-hydroxylation sites is 1. The molecule has 6 heteroatoms. The summed E-state index contributed by atoms with van der Waals surface area (Å²) in [6, 6.07) is 19.1. The summed E-state index contributed by atoms with van der Waals surface area (Å²) < 4.78 is 24.9. The van der Waals surface area contributed by atoms with Gasteiger partial charge in [0.05, 0.1) is 25.1 Å².